The number of aromatic nitrogens is 2. The molecule has 2 aromatic heterocycles. The van der Waals surface area contributed by atoms with E-state index in [-0.39, 0.29) is 0 Å². The van der Waals surface area contributed by atoms with Crippen LogP contribution in [0, 0.1) is 0 Å². The van der Waals surface area contributed by atoms with Gasteiger partial charge in [-0.15, -0.1) is 10.2 Å². The van der Waals surface area contributed by atoms with E-state index < -0.39 is 0 Å². The van der Waals surface area contributed by atoms with Crippen LogP contribution >= 0.6 is 22.7 Å². The van der Waals surface area contributed by atoms with E-state index in [4.69, 9.17) is 0 Å². The summed E-state index contributed by atoms with van der Waals surface area (Å²) < 4.78 is 0. The predicted octanol–water partition coefficient (Wildman–Crippen LogP) is 3.20. The molecular formula is C12H17N3S2. The Kier molecular flexibility index (Phi) is 4.65. The van der Waals surface area contributed by atoms with Crippen molar-refractivity contribution in [2.75, 3.05) is 6.54 Å². The van der Waals surface area contributed by atoms with Crippen LogP contribution in [0.4, 0.5) is 0 Å². The maximum absolute atomic E-state index is 4.23. The third-order valence-corrected chi connectivity index (χ3v) is 4.07. The minimum atomic E-state index is 0.561. The molecule has 0 saturated carbocycles. The molecular weight excluding hydrogens is 250 g/mol. The van der Waals surface area contributed by atoms with Crippen LogP contribution in [-0.2, 0) is 6.42 Å². The summed E-state index contributed by atoms with van der Waals surface area (Å²) >= 11 is 3.40. The normalized spacial score (nSPS) is 11.2. The van der Waals surface area contributed by atoms with Gasteiger partial charge in [0.25, 0.3) is 0 Å². The zero-order valence-electron chi connectivity index (χ0n) is 10.1. The van der Waals surface area contributed by atoms with E-state index in [0.717, 1.165) is 29.4 Å². The Morgan fingerprint density at radius 1 is 1.35 bits per heavy atom. The monoisotopic (exact) mass is 267 g/mol. The summed E-state index contributed by atoms with van der Waals surface area (Å²) in [6.07, 6.45) is 2.14. The highest BCUT2D eigenvalue weighted by atomic mass is 32.1. The molecule has 0 unspecified atom stereocenters. The molecule has 2 aromatic rings. The van der Waals surface area contributed by atoms with Crippen molar-refractivity contribution in [1.29, 1.82) is 0 Å². The summed E-state index contributed by atoms with van der Waals surface area (Å²) in [5, 5.41) is 18.2. The second kappa shape index (κ2) is 6.23. The van der Waals surface area contributed by atoms with E-state index in [2.05, 4.69) is 46.2 Å². The molecule has 0 radical (unpaired) electrons. The van der Waals surface area contributed by atoms with Gasteiger partial charge >= 0.3 is 0 Å². The van der Waals surface area contributed by atoms with Crippen LogP contribution in [0.5, 0.6) is 0 Å². The molecule has 0 amide bonds. The summed E-state index contributed by atoms with van der Waals surface area (Å²) in [5.74, 6) is 0. The molecule has 0 saturated heterocycles. The van der Waals surface area contributed by atoms with Gasteiger partial charge in [0, 0.05) is 23.4 Å². The van der Waals surface area contributed by atoms with Crippen molar-refractivity contribution in [2.24, 2.45) is 0 Å². The molecule has 0 spiro atoms. The first-order chi connectivity index (χ1) is 8.25. The minimum absolute atomic E-state index is 0.561. The highest BCUT2D eigenvalue weighted by Crippen LogP contribution is 2.25. The molecule has 92 valence electrons. The van der Waals surface area contributed by atoms with E-state index in [1.54, 1.807) is 22.7 Å². The van der Waals surface area contributed by atoms with Gasteiger partial charge in [0.2, 0.25) is 0 Å². The fraction of sp³-hybridized carbons (Fsp3) is 0.500. The van der Waals surface area contributed by atoms with Crippen LogP contribution in [0.25, 0.3) is 10.6 Å². The van der Waals surface area contributed by atoms with E-state index in [9.17, 15) is 0 Å². The fourth-order valence-electron chi connectivity index (χ4n) is 1.49. The number of nitrogens with zero attached hydrogens (tertiary/aromatic N) is 2. The molecule has 0 atom stereocenters. The maximum atomic E-state index is 4.23. The number of aryl methyl sites for hydroxylation is 1. The molecule has 0 aromatic carbocycles. The molecule has 0 fully saturated rings. The predicted molar refractivity (Wildman–Crippen MR) is 74.7 cm³/mol. The third-order valence-electron chi connectivity index (χ3n) is 2.35. The van der Waals surface area contributed by atoms with Crippen molar-refractivity contribution < 1.29 is 0 Å². The minimum Gasteiger partial charge on any atom is -0.315 e. The molecule has 2 heterocycles. The summed E-state index contributed by atoms with van der Waals surface area (Å²) in [6, 6.07) is 2.65. The van der Waals surface area contributed by atoms with Gasteiger partial charge < -0.3 is 5.32 Å². The lowest BCUT2D eigenvalue weighted by atomic mass is 10.3. The Labute approximate surface area is 110 Å². The van der Waals surface area contributed by atoms with E-state index in [1.165, 1.54) is 5.56 Å². The van der Waals surface area contributed by atoms with E-state index >= 15 is 0 Å². The Morgan fingerprint density at radius 2 is 2.24 bits per heavy atom. The second-order valence-corrected chi connectivity index (χ2v) is 6.07. The Morgan fingerprint density at radius 3 is 2.94 bits per heavy atom. The average molecular weight is 267 g/mol. The highest BCUT2D eigenvalue weighted by Gasteiger charge is 2.06. The lowest BCUT2D eigenvalue weighted by Crippen LogP contribution is -2.23. The maximum Gasteiger partial charge on any atom is 0.148 e. The quantitative estimate of drug-likeness (QED) is 0.817. The van der Waals surface area contributed by atoms with Crippen molar-refractivity contribution in [1.82, 2.24) is 15.5 Å². The van der Waals surface area contributed by atoms with Gasteiger partial charge in [-0.05, 0) is 24.4 Å². The summed E-state index contributed by atoms with van der Waals surface area (Å²) in [7, 11) is 0. The number of thiophene rings is 1. The van der Waals surface area contributed by atoms with E-state index in [1.807, 2.05) is 0 Å². The summed E-state index contributed by atoms with van der Waals surface area (Å²) in [5.41, 5.74) is 1.19. The molecule has 3 nitrogen and oxygen atoms in total. The van der Waals surface area contributed by atoms with Gasteiger partial charge in [-0.3, -0.25) is 0 Å². The van der Waals surface area contributed by atoms with Crippen molar-refractivity contribution in [3.63, 3.8) is 0 Å². The standard InChI is InChI=1S/C12H17N3S2/c1-9(2)13-6-3-4-11-14-15-12(17-11)10-5-7-16-8-10/h5,7-9,13H,3-4,6H2,1-2H3. The van der Waals surface area contributed by atoms with Gasteiger partial charge in [-0.2, -0.15) is 11.3 Å². The zero-order valence-corrected chi connectivity index (χ0v) is 11.8. The Hall–Kier alpha value is -0.780. The van der Waals surface area contributed by atoms with Gasteiger partial charge in [0.15, 0.2) is 0 Å². The molecule has 1 N–H and O–H groups in total. The Bertz CT molecular complexity index is 434. The van der Waals surface area contributed by atoms with Crippen LogP contribution in [0.2, 0.25) is 0 Å². The van der Waals surface area contributed by atoms with Crippen LogP contribution in [0.3, 0.4) is 0 Å². The van der Waals surface area contributed by atoms with Gasteiger partial charge in [-0.25, -0.2) is 0 Å². The smallest absolute Gasteiger partial charge is 0.148 e. The van der Waals surface area contributed by atoms with Crippen LogP contribution < -0.4 is 5.32 Å². The molecule has 5 heteroatoms. The molecule has 0 aliphatic carbocycles. The topological polar surface area (TPSA) is 37.8 Å². The lowest BCUT2D eigenvalue weighted by Gasteiger charge is -2.05. The first-order valence-corrected chi connectivity index (χ1v) is 7.60. The van der Waals surface area contributed by atoms with Crippen LogP contribution in [0.1, 0.15) is 25.3 Å². The van der Waals surface area contributed by atoms with E-state index in [0.29, 0.717) is 6.04 Å². The van der Waals surface area contributed by atoms with Gasteiger partial charge in [0.05, 0.1) is 0 Å². The second-order valence-electron chi connectivity index (χ2n) is 4.23. The van der Waals surface area contributed by atoms with Crippen molar-refractivity contribution in [3.8, 4) is 10.6 Å². The SMILES string of the molecule is CC(C)NCCCc1nnc(-c2ccsc2)s1. The highest BCUT2D eigenvalue weighted by molar-refractivity contribution is 7.15. The van der Waals surface area contributed by atoms with Crippen molar-refractivity contribution in [2.45, 2.75) is 32.7 Å². The van der Waals surface area contributed by atoms with Gasteiger partial charge in [0.1, 0.15) is 10.0 Å². The summed E-state index contributed by atoms with van der Waals surface area (Å²) in [4.78, 5) is 0. The number of nitrogens with one attached hydrogen (secondary N) is 1. The average Bonchev–Trinajstić information content (AvgIpc) is 2.94. The molecule has 0 aliphatic rings. The molecule has 17 heavy (non-hydrogen) atoms. The Balaban J connectivity index is 1.83. The number of hydrogen-bond donors (Lipinski definition) is 1. The number of hydrogen-bond acceptors (Lipinski definition) is 5. The summed E-state index contributed by atoms with van der Waals surface area (Å²) in [6.45, 7) is 5.38. The van der Waals surface area contributed by atoms with Gasteiger partial charge in [-0.1, -0.05) is 25.2 Å². The number of rotatable bonds is 6. The van der Waals surface area contributed by atoms with Crippen molar-refractivity contribution >= 4 is 22.7 Å². The zero-order chi connectivity index (χ0) is 12.1. The van der Waals surface area contributed by atoms with Crippen molar-refractivity contribution in [3.05, 3.63) is 21.8 Å². The molecule has 0 bridgehead atoms. The molecule has 2 rings (SSSR count). The largest absolute Gasteiger partial charge is 0.315 e. The fourth-order valence-corrected chi connectivity index (χ4v) is 3.08. The lowest BCUT2D eigenvalue weighted by molar-refractivity contribution is 0.569. The third kappa shape index (κ3) is 3.87. The first kappa shape index (κ1) is 12.7. The first-order valence-electron chi connectivity index (χ1n) is 5.84. The molecule has 0 aliphatic heterocycles. The van der Waals surface area contributed by atoms with Crippen LogP contribution in [0.15, 0.2) is 16.8 Å². The van der Waals surface area contributed by atoms with Crippen LogP contribution in [-0.4, -0.2) is 22.8 Å².